The van der Waals surface area contributed by atoms with E-state index in [0.29, 0.717) is 11.3 Å². The molecule has 14 nitrogen and oxygen atoms in total. The van der Waals surface area contributed by atoms with Crippen molar-refractivity contribution in [1.29, 1.82) is 0 Å². The minimum atomic E-state index is -4.31. The maximum Gasteiger partial charge on any atom is 0.459 e. The van der Waals surface area contributed by atoms with Gasteiger partial charge in [0, 0.05) is 14.1 Å². The zero-order valence-corrected chi connectivity index (χ0v) is 24.5. The highest BCUT2D eigenvalue weighted by Crippen LogP contribution is 2.48. The van der Waals surface area contributed by atoms with Gasteiger partial charge in [0.05, 0.1) is 19.0 Å². The summed E-state index contributed by atoms with van der Waals surface area (Å²) in [6.45, 7) is 5.61. The summed E-state index contributed by atoms with van der Waals surface area (Å²) in [6, 6.07) is 7.05. The summed E-state index contributed by atoms with van der Waals surface area (Å²) in [7, 11) is -0.814. The van der Waals surface area contributed by atoms with Crippen LogP contribution in [0, 0.1) is 0 Å². The first-order chi connectivity index (χ1) is 19.2. The molecule has 6 atom stereocenters. The zero-order chi connectivity index (χ0) is 30.1. The van der Waals surface area contributed by atoms with Gasteiger partial charge in [0.15, 0.2) is 29.4 Å². The number of fused-ring (bicyclic) bond motifs is 1. The van der Waals surface area contributed by atoms with Crippen molar-refractivity contribution in [2.24, 2.45) is 0 Å². The maximum atomic E-state index is 15.6. The topological polar surface area (TPSA) is 176 Å². The van der Waals surface area contributed by atoms with Crippen LogP contribution in [0.4, 0.5) is 16.2 Å². The van der Waals surface area contributed by atoms with Gasteiger partial charge in [-0.2, -0.15) is 15.1 Å². The summed E-state index contributed by atoms with van der Waals surface area (Å²) < 4.78 is 53.2. The predicted octanol–water partition coefficient (Wildman–Crippen LogP) is 2.59. The molecule has 1 aliphatic heterocycles. The highest BCUT2D eigenvalue weighted by molar-refractivity contribution is 7.52. The molecule has 0 spiro atoms. The Morgan fingerprint density at radius 1 is 1.29 bits per heavy atom. The van der Waals surface area contributed by atoms with E-state index >= 15 is 4.39 Å². The molecule has 4 N–H and O–H groups in total. The quantitative estimate of drug-likeness (QED) is 0.218. The molecule has 0 aliphatic carbocycles. The van der Waals surface area contributed by atoms with Crippen molar-refractivity contribution in [3.63, 3.8) is 0 Å². The van der Waals surface area contributed by atoms with Crippen LogP contribution < -0.4 is 20.2 Å². The van der Waals surface area contributed by atoms with E-state index in [-0.39, 0.29) is 17.3 Å². The van der Waals surface area contributed by atoms with Gasteiger partial charge >= 0.3 is 13.7 Å². The molecule has 41 heavy (non-hydrogen) atoms. The number of aliphatic hydroxyl groups excluding tert-OH is 1. The Balaban J connectivity index is 1.58. The number of hydrogen-bond acceptors (Lipinski definition) is 12. The van der Waals surface area contributed by atoms with E-state index in [1.54, 1.807) is 63.2 Å². The first-order valence-electron chi connectivity index (χ1n) is 12.9. The largest absolute Gasteiger partial charge is 0.462 e. The third-order valence-electron chi connectivity index (χ3n) is 6.25. The van der Waals surface area contributed by atoms with E-state index in [1.165, 1.54) is 24.7 Å². The number of nitrogens with one attached hydrogen (secondary N) is 1. The van der Waals surface area contributed by atoms with Crippen LogP contribution in [-0.2, 0) is 23.4 Å². The molecule has 0 unspecified atom stereocenters. The van der Waals surface area contributed by atoms with Crippen LogP contribution in [-0.4, -0.2) is 81.3 Å². The second kappa shape index (κ2) is 11.9. The van der Waals surface area contributed by atoms with Crippen molar-refractivity contribution >= 4 is 36.6 Å². The molecule has 0 radical (unpaired) electrons. The van der Waals surface area contributed by atoms with Crippen LogP contribution in [0.2, 0.25) is 0 Å². The van der Waals surface area contributed by atoms with Gasteiger partial charge in [0.2, 0.25) is 5.95 Å². The number of anilines is 2. The van der Waals surface area contributed by atoms with E-state index < -0.39 is 56.6 Å². The lowest BCUT2D eigenvalue weighted by Gasteiger charge is -2.30. The Morgan fingerprint density at radius 2 is 1.98 bits per heavy atom. The number of nitrogens with two attached hydrogens (primary N) is 1. The molecule has 0 saturated carbocycles. The lowest BCUT2D eigenvalue weighted by Crippen LogP contribution is -2.44. The molecule has 3 heterocycles. The number of rotatable bonds is 11. The standard InChI is InChI=1S/C25H35FN7O7P/c1-14(2)38-23(35)15(3)31-41(36,40-16-10-8-7-9-11-16)37-12-25(4)19(34)17(26)22(39-25)33-13-28-18-20(32(5)6)29-24(27)30-21(18)33/h7-11,13-15,17,19,22,34H,12H2,1-6H3,(H,31,36)(H2,27,29,30)/t15-,17+,19-,22+,25+,41-/m0/s1. The Hall–Kier alpha value is -3.36. The first kappa shape index (κ1) is 30.6. The lowest BCUT2D eigenvalue weighted by molar-refractivity contribution is -0.149. The minimum Gasteiger partial charge on any atom is -0.462 e. The maximum absolute atomic E-state index is 15.6. The van der Waals surface area contributed by atoms with Gasteiger partial charge in [-0.25, -0.2) is 13.9 Å². The third kappa shape index (κ3) is 6.60. The summed E-state index contributed by atoms with van der Waals surface area (Å²) >= 11 is 0. The van der Waals surface area contributed by atoms with E-state index in [2.05, 4.69) is 20.0 Å². The predicted molar refractivity (Wildman–Crippen MR) is 148 cm³/mol. The second-order valence-electron chi connectivity index (χ2n) is 10.3. The number of carbonyl (C=O) groups is 1. The van der Waals surface area contributed by atoms with Gasteiger partial charge in [-0.05, 0) is 39.8 Å². The molecular weight excluding hydrogens is 560 g/mol. The molecule has 1 saturated heterocycles. The number of benzene rings is 1. The minimum absolute atomic E-state index is 0.0572. The number of halogens is 1. The number of aromatic nitrogens is 4. The van der Waals surface area contributed by atoms with E-state index in [4.69, 9.17) is 24.3 Å². The Kier molecular flexibility index (Phi) is 8.85. The molecular formula is C25H35FN7O7P. The average Bonchev–Trinajstić information content (AvgIpc) is 3.41. The van der Waals surface area contributed by atoms with Crippen molar-refractivity contribution in [3.05, 3.63) is 36.7 Å². The Labute approximate surface area is 236 Å². The highest BCUT2D eigenvalue weighted by atomic mass is 31.2. The van der Waals surface area contributed by atoms with Crippen molar-refractivity contribution in [1.82, 2.24) is 24.6 Å². The van der Waals surface area contributed by atoms with Gasteiger partial charge in [-0.1, -0.05) is 18.2 Å². The van der Waals surface area contributed by atoms with Gasteiger partial charge in [0.1, 0.15) is 23.5 Å². The van der Waals surface area contributed by atoms with Crippen LogP contribution in [0.1, 0.15) is 33.9 Å². The van der Waals surface area contributed by atoms with E-state index in [0.717, 1.165) is 0 Å². The fraction of sp³-hybridized carbons (Fsp3) is 0.520. The average molecular weight is 596 g/mol. The molecule has 4 rings (SSSR count). The van der Waals surface area contributed by atoms with Crippen molar-refractivity contribution in [3.8, 4) is 5.75 Å². The van der Waals surface area contributed by atoms with Crippen molar-refractivity contribution in [2.45, 2.75) is 63.9 Å². The lowest BCUT2D eigenvalue weighted by atomic mass is 9.99. The van der Waals surface area contributed by atoms with Crippen LogP contribution in [0.3, 0.4) is 0 Å². The number of imidazole rings is 1. The Bertz CT molecular complexity index is 1430. The number of alkyl halides is 1. The van der Waals surface area contributed by atoms with E-state index in [9.17, 15) is 14.5 Å². The number of ether oxygens (including phenoxy) is 2. The molecule has 0 bridgehead atoms. The fourth-order valence-corrected chi connectivity index (χ4v) is 5.78. The summed E-state index contributed by atoms with van der Waals surface area (Å²) in [5, 5.41) is 13.5. The van der Waals surface area contributed by atoms with Crippen molar-refractivity contribution in [2.75, 3.05) is 31.3 Å². The fourth-order valence-electron chi connectivity index (χ4n) is 4.20. The van der Waals surface area contributed by atoms with Crippen molar-refractivity contribution < 1.29 is 37.4 Å². The molecule has 1 fully saturated rings. The summed E-state index contributed by atoms with van der Waals surface area (Å²) in [4.78, 5) is 26.8. The molecule has 16 heteroatoms. The van der Waals surface area contributed by atoms with Crippen LogP contribution in [0.25, 0.3) is 11.2 Å². The van der Waals surface area contributed by atoms with Gasteiger partial charge in [0.25, 0.3) is 0 Å². The van der Waals surface area contributed by atoms with Crippen LogP contribution in [0.15, 0.2) is 36.7 Å². The molecule has 2 aromatic heterocycles. The highest BCUT2D eigenvalue weighted by Gasteiger charge is 2.55. The molecule has 0 amide bonds. The molecule has 1 aliphatic rings. The normalized spacial score (nSPS) is 24.8. The number of aliphatic hydroxyl groups is 1. The van der Waals surface area contributed by atoms with Gasteiger partial charge in [-0.3, -0.25) is 13.9 Å². The third-order valence-corrected chi connectivity index (χ3v) is 7.88. The van der Waals surface area contributed by atoms with Gasteiger partial charge in [-0.15, -0.1) is 0 Å². The Morgan fingerprint density at radius 3 is 2.61 bits per heavy atom. The second-order valence-corrected chi connectivity index (χ2v) is 12.0. The smallest absolute Gasteiger partial charge is 0.459 e. The summed E-state index contributed by atoms with van der Waals surface area (Å²) in [5.41, 5.74) is 4.72. The number of para-hydroxylation sites is 1. The van der Waals surface area contributed by atoms with Gasteiger partial charge < -0.3 is 29.7 Å². The monoisotopic (exact) mass is 595 g/mol. The number of esters is 1. The summed E-state index contributed by atoms with van der Waals surface area (Å²) in [5.74, 6) is -0.136. The molecule has 3 aromatic rings. The first-order valence-corrected chi connectivity index (χ1v) is 14.4. The number of carbonyl (C=O) groups excluding carboxylic acids is 1. The molecule has 1 aromatic carbocycles. The van der Waals surface area contributed by atoms with Crippen LogP contribution >= 0.6 is 7.75 Å². The van der Waals surface area contributed by atoms with E-state index in [1.807, 2.05) is 0 Å². The number of hydrogen-bond donors (Lipinski definition) is 3. The molecule has 224 valence electrons. The SMILES string of the molecule is CC(C)OC(=O)[C@H](C)N[P@](=O)(OC[C@@]1(C)O[C@@H](n2cnc3c(N(C)C)nc(N)nc32)[C@H](F)[C@@H]1O)Oc1ccccc1. The zero-order valence-electron chi connectivity index (χ0n) is 23.6. The summed E-state index contributed by atoms with van der Waals surface area (Å²) in [6.07, 6.45) is -4.14. The number of nitrogen functional groups attached to an aromatic ring is 1. The van der Waals surface area contributed by atoms with Crippen LogP contribution in [0.5, 0.6) is 5.75 Å². The number of nitrogens with zero attached hydrogens (tertiary/aromatic N) is 5.